The molecule has 1 heterocycles. The number of carbonyl (C=O) groups is 1. The number of likely N-dealkylation sites (N-methyl/N-ethyl adjacent to an activating group) is 1. The van der Waals surface area contributed by atoms with Crippen LogP contribution >= 0.6 is 23.5 Å². The van der Waals surface area contributed by atoms with Crippen molar-refractivity contribution in [3.05, 3.63) is 64.6 Å². The van der Waals surface area contributed by atoms with Gasteiger partial charge in [0.15, 0.2) is 5.17 Å². The first-order valence-corrected chi connectivity index (χ1v) is 10.1. The summed E-state index contributed by atoms with van der Waals surface area (Å²) < 4.78 is 0. The number of amidine groups is 1. The largest absolute Gasteiger partial charge is 0.290 e. The van der Waals surface area contributed by atoms with Crippen LogP contribution in [0.15, 0.2) is 63.3 Å². The second kappa shape index (κ2) is 7.93. The molecule has 128 valence electrons. The fourth-order valence-electron chi connectivity index (χ4n) is 2.53. The van der Waals surface area contributed by atoms with Crippen LogP contribution in [0.3, 0.4) is 0 Å². The summed E-state index contributed by atoms with van der Waals surface area (Å²) in [6.07, 6.45) is 4.90. The molecule has 0 N–H and O–H groups in total. The van der Waals surface area contributed by atoms with Crippen LogP contribution in [0.1, 0.15) is 18.1 Å². The summed E-state index contributed by atoms with van der Waals surface area (Å²) in [6.45, 7) is 2.11. The number of carbonyl (C=O) groups excluding carboxylic acids is 1. The second-order valence-electron chi connectivity index (χ2n) is 5.62. The van der Waals surface area contributed by atoms with Gasteiger partial charge < -0.3 is 0 Å². The molecule has 0 unspecified atom stereocenters. The number of thioether (sulfide) groups is 2. The van der Waals surface area contributed by atoms with E-state index in [1.165, 1.54) is 22.2 Å². The monoisotopic (exact) mass is 368 g/mol. The zero-order valence-electron chi connectivity index (χ0n) is 14.5. The first-order valence-electron chi connectivity index (χ1n) is 8.10. The van der Waals surface area contributed by atoms with E-state index in [0.29, 0.717) is 4.91 Å². The molecule has 0 radical (unpaired) electrons. The van der Waals surface area contributed by atoms with E-state index in [-0.39, 0.29) is 5.91 Å². The quantitative estimate of drug-likeness (QED) is 0.549. The van der Waals surface area contributed by atoms with Gasteiger partial charge in [-0.1, -0.05) is 37.3 Å². The van der Waals surface area contributed by atoms with E-state index in [2.05, 4.69) is 31.4 Å². The Morgan fingerprint density at radius 1 is 1.16 bits per heavy atom. The molecule has 1 saturated heterocycles. The van der Waals surface area contributed by atoms with Crippen LogP contribution in [0, 0.1) is 0 Å². The molecule has 5 heteroatoms. The molecule has 1 fully saturated rings. The predicted molar refractivity (Wildman–Crippen MR) is 109 cm³/mol. The highest BCUT2D eigenvalue weighted by Crippen LogP contribution is 2.34. The van der Waals surface area contributed by atoms with Gasteiger partial charge in [-0.25, -0.2) is 4.99 Å². The SMILES string of the molecule is CCc1ccccc1N=C1S/C(=C\c2ccc(SC)cc2)C(=O)N1C. The van der Waals surface area contributed by atoms with Crippen LogP contribution in [-0.4, -0.2) is 29.3 Å². The standard InChI is InChI=1S/C20H20N2OS2/c1-4-15-7-5-6-8-17(15)21-20-22(2)19(23)18(25-20)13-14-9-11-16(24-3)12-10-14/h5-13H,4H2,1-3H3/b18-13-,21-20?. The van der Waals surface area contributed by atoms with E-state index < -0.39 is 0 Å². The van der Waals surface area contributed by atoms with Crippen LogP contribution < -0.4 is 0 Å². The lowest BCUT2D eigenvalue weighted by Gasteiger charge is -2.08. The van der Waals surface area contributed by atoms with Crippen LogP contribution in [0.25, 0.3) is 6.08 Å². The maximum absolute atomic E-state index is 12.5. The van der Waals surface area contributed by atoms with E-state index in [4.69, 9.17) is 4.99 Å². The summed E-state index contributed by atoms with van der Waals surface area (Å²) in [5.74, 6) is -0.00771. The summed E-state index contributed by atoms with van der Waals surface area (Å²) >= 11 is 3.13. The van der Waals surface area contributed by atoms with E-state index >= 15 is 0 Å². The van der Waals surface area contributed by atoms with Crippen molar-refractivity contribution in [1.29, 1.82) is 0 Å². The van der Waals surface area contributed by atoms with Crippen LogP contribution in [0.5, 0.6) is 0 Å². The molecule has 0 bridgehead atoms. The van der Waals surface area contributed by atoms with E-state index in [1.54, 1.807) is 23.7 Å². The van der Waals surface area contributed by atoms with Gasteiger partial charge in [0.2, 0.25) is 0 Å². The number of benzene rings is 2. The number of aryl methyl sites for hydroxylation is 1. The van der Waals surface area contributed by atoms with Gasteiger partial charge in [-0.3, -0.25) is 9.69 Å². The minimum Gasteiger partial charge on any atom is -0.290 e. The highest BCUT2D eigenvalue weighted by atomic mass is 32.2. The zero-order chi connectivity index (χ0) is 17.8. The van der Waals surface area contributed by atoms with Crippen molar-refractivity contribution in [2.24, 2.45) is 4.99 Å². The maximum atomic E-state index is 12.5. The molecule has 25 heavy (non-hydrogen) atoms. The van der Waals surface area contributed by atoms with Crippen molar-refractivity contribution >= 4 is 46.4 Å². The molecular formula is C20H20N2OS2. The topological polar surface area (TPSA) is 32.7 Å². The van der Waals surface area contributed by atoms with Crippen LogP contribution in [0.4, 0.5) is 5.69 Å². The van der Waals surface area contributed by atoms with E-state index in [0.717, 1.165) is 22.8 Å². The Labute approximate surface area is 157 Å². The van der Waals surface area contributed by atoms with Crippen molar-refractivity contribution in [3.8, 4) is 0 Å². The molecule has 1 aliphatic heterocycles. The molecule has 1 amide bonds. The number of aliphatic imine (C=N–C) groups is 1. The van der Waals surface area contributed by atoms with Crippen molar-refractivity contribution in [2.75, 3.05) is 13.3 Å². The summed E-state index contributed by atoms with van der Waals surface area (Å²) in [4.78, 5) is 20.8. The van der Waals surface area contributed by atoms with Crippen molar-refractivity contribution in [1.82, 2.24) is 4.90 Å². The fourth-order valence-corrected chi connectivity index (χ4v) is 3.91. The van der Waals surface area contributed by atoms with Crippen LogP contribution in [-0.2, 0) is 11.2 Å². The molecule has 1 aliphatic rings. The number of hydrogen-bond acceptors (Lipinski definition) is 4. The third-order valence-electron chi connectivity index (χ3n) is 4.01. The third-order valence-corrected chi connectivity index (χ3v) is 5.81. The van der Waals surface area contributed by atoms with Gasteiger partial charge in [-0.15, -0.1) is 11.8 Å². The lowest BCUT2D eigenvalue weighted by molar-refractivity contribution is -0.121. The van der Waals surface area contributed by atoms with E-state index in [1.807, 2.05) is 36.4 Å². The highest BCUT2D eigenvalue weighted by Gasteiger charge is 2.30. The molecular weight excluding hydrogens is 348 g/mol. The Balaban J connectivity index is 1.88. The lowest BCUT2D eigenvalue weighted by Crippen LogP contribution is -2.23. The second-order valence-corrected chi connectivity index (χ2v) is 7.51. The Morgan fingerprint density at radius 3 is 2.56 bits per heavy atom. The number of hydrogen-bond donors (Lipinski definition) is 0. The average Bonchev–Trinajstić information content (AvgIpc) is 2.91. The summed E-state index contributed by atoms with van der Waals surface area (Å²) in [5, 5.41) is 0.720. The summed E-state index contributed by atoms with van der Waals surface area (Å²) in [6, 6.07) is 16.3. The summed E-state index contributed by atoms with van der Waals surface area (Å²) in [5.41, 5.74) is 3.14. The predicted octanol–water partition coefficient (Wildman–Crippen LogP) is 5.20. The maximum Gasteiger partial charge on any atom is 0.266 e. The molecule has 0 saturated carbocycles. The fraction of sp³-hybridized carbons (Fsp3) is 0.200. The molecule has 3 rings (SSSR count). The molecule has 0 aliphatic carbocycles. The van der Waals surface area contributed by atoms with Gasteiger partial charge in [0, 0.05) is 11.9 Å². The van der Waals surface area contributed by atoms with Crippen molar-refractivity contribution in [2.45, 2.75) is 18.2 Å². The number of nitrogens with zero attached hydrogens (tertiary/aromatic N) is 2. The molecule has 0 spiro atoms. The van der Waals surface area contributed by atoms with Gasteiger partial charge in [0.25, 0.3) is 5.91 Å². The minimum atomic E-state index is -0.00771. The first kappa shape index (κ1) is 17.8. The van der Waals surface area contributed by atoms with Gasteiger partial charge in [-0.2, -0.15) is 0 Å². The lowest BCUT2D eigenvalue weighted by atomic mass is 10.1. The van der Waals surface area contributed by atoms with Gasteiger partial charge in [0.05, 0.1) is 10.6 Å². The third kappa shape index (κ3) is 3.99. The number of amides is 1. The normalized spacial score (nSPS) is 17.7. The smallest absolute Gasteiger partial charge is 0.266 e. The van der Waals surface area contributed by atoms with E-state index in [9.17, 15) is 4.79 Å². The molecule has 0 atom stereocenters. The Kier molecular flexibility index (Phi) is 5.66. The number of para-hydroxylation sites is 1. The molecule has 3 nitrogen and oxygen atoms in total. The van der Waals surface area contributed by atoms with Gasteiger partial charge in [-0.05, 0) is 59.8 Å². The molecule has 0 aromatic heterocycles. The van der Waals surface area contributed by atoms with Gasteiger partial charge in [0.1, 0.15) is 0 Å². The Morgan fingerprint density at radius 2 is 1.88 bits per heavy atom. The summed E-state index contributed by atoms with van der Waals surface area (Å²) in [7, 11) is 1.78. The van der Waals surface area contributed by atoms with Crippen molar-refractivity contribution in [3.63, 3.8) is 0 Å². The van der Waals surface area contributed by atoms with Crippen molar-refractivity contribution < 1.29 is 4.79 Å². The zero-order valence-corrected chi connectivity index (χ0v) is 16.2. The average molecular weight is 369 g/mol. The number of rotatable bonds is 4. The van der Waals surface area contributed by atoms with Gasteiger partial charge >= 0.3 is 0 Å². The highest BCUT2D eigenvalue weighted by molar-refractivity contribution is 8.18. The Hall–Kier alpha value is -1.98. The first-order chi connectivity index (χ1) is 12.1. The van der Waals surface area contributed by atoms with Crippen LogP contribution in [0.2, 0.25) is 0 Å². The Bertz CT molecular complexity index is 841. The molecule has 2 aromatic carbocycles. The minimum absolute atomic E-state index is 0.00771. The molecule has 2 aromatic rings.